The Morgan fingerprint density at radius 1 is 1.14 bits per heavy atom. The van der Waals surface area contributed by atoms with Gasteiger partial charge in [0.25, 0.3) is 0 Å². The fraction of sp³-hybridized carbons (Fsp3) is 0. The highest BCUT2D eigenvalue weighted by atomic mass is 35.5. The molecule has 2 rings (SSSR count). The molecule has 21 heavy (non-hydrogen) atoms. The van der Waals surface area contributed by atoms with Crippen LogP contribution in [0.2, 0.25) is 5.02 Å². The maximum absolute atomic E-state index is 11.8. The Balaban J connectivity index is 1.95. The van der Waals surface area contributed by atoms with Gasteiger partial charge in [0.15, 0.2) is 0 Å². The first-order valence-corrected chi connectivity index (χ1v) is 7.27. The van der Waals surface area contributed by atoms with Gasteiger partial charge in [0.1, 0.15) is 5.40 Å². The molecule has 0 spiro atoms. The monoisotopic (exact) mass is 314 g/mol. The van der Waals surface area contributed by atoms with Crippen LogP contribution in [0.4, 0.5) is 5.69 Å². The Morgan fingerprint density at radius 2 is 1.81 bits per heavy atom. The second-order valence-corrected chi connectivity index (χ2v) is 5.39. The Kier molecular flexibility index (Phi) is 5.44. The molecule has 0 atom stereocenters. The predicted octanol–water partition coefficient (Wildman–Crippen LogP) is 4.57. The van der Waals surface area contributed by atoms with Crippen LogP contribution in [0.1, 0.15) is 5.56 Å². The molecule has 104 valence electrons. The van der Waals surface area contributed by atoms with Gasteiger partial charge in [-0.25, -0.2) is 0 Å². The lowest BCUT2D eigenvalue weighted by molar-refractivity contribution is -0.111. The molecule has 2 aromatic carbocycles. The first-order valence-electron chi connectivity index (χ1n) is 6.08. The van der Waals surface area contributed by atoms with Crippen molar-refractivity contribution in [3.05, 3.63) is 65.2 Å². The van der Waals surface area contributed by atoms with E-state index in [9.17, 15) is 4.79 Å². The molecule has 0 saturated carbocycles. The molecule has 0 unspecified atom stereocenters. The third kappa shape index (κ3) is 4.99. The number of carbonyl (C=O) groups excluding carboxylic acids is 1. The summed E-state index contributed by atoms with van der Waals surface area (Å²) < 4.78 is 0. The highest BCUT2D eigenvalue weighted by Crippen LogP contribution is 2.19. The molecule has 0 aliphatic heterocycles. The summed E-state index contributed by atoms with van der Waals surface area (Å²) in [4.78, 5) is 12.6. The summed E-state index contributed by atoms with van der Waals surface area (Å²) in [5, 5.41) is 14.0. The number of rotatable bonds is 4. The van der Waals surface area contributed by atoms with Crippen molar-refractivity contribution in [1.29, 1.82) is 5.26 Å². The number of amides is 1. The average molecular weight is 315 g/mol. The van der Waals surface area contributed by atoms with E-state index in [0.717, 1.165) is 22.2 Å². The fourth-order valence-corrected chi connectivity index (χ4v) is 2.09. The summed E-state index contributed by atoms with van der Waals surface area (Å²) >= 11 is 6.87. The van der Waals surface area contributed by atoms with Gasteiger partial charge >= 0.3 is 0 Å². The van der Waals surface area contributed by atoms with Crippen molar-refractivity contribution in [2.24, 2.45) is 0 Å². The molecule has 1 N–H and O–H groups in total. The molecule has 5 heteroatoms. The Labute approximate surface area is 132 Å². The van der Waals surface area contributed by atoms with E-state index >= 15 is 0 Å². The first kappa shape index (κ1) is 15.2. The van der Waals surface area contributed by atoms with Gasteiger partial charge in [-0.15, -0.1) is 0 Å². The maximum atomic E-state index is 11.8. The molecular formula is C16H11ClN2OS. The molecule has 1 amide bonds. The van der Waals surface area contributed by atoms with E-state index in [1.807, 2.05) is 17.5 Å². The molecule has 0 saturated heterocycles. The number of benzene rings is 2. The van der Waals surface area contributed by atoms with Gasteiger partial charge in [-0.1, -0.05) is 23.7 Å². The molecule has 0 aromatic heterocycles. The largest absolute Gasteiger partial charge is 0.323 e. The maximum Gasteiger partial charge on any atom is 0.248 e. The number of nitriles is 1. The van der Waals surface area contributed by atoms with Gasteiger partial charge < -0.3 is 5.32 Å². The van der Waals surface area contributed by atoms with Crippen LogP contribution in [-0.2, 0) is 4.79 Å². The molecule has 0 aliphatic carbocycles. The lowest BCUT2D eigenvalue weighted by Crippen LogP contribution is -2.07. The van der Waals surface area contributed by atoms with E-state index in [1.165, 1.54) is 6.08 Å². The minimum Gasteiger partial charge on any atom is -0.323 e. The van der Waals surface area contributed by atoms with Gasteiger partial charge in [-0.2, -0.15) is 5.26 Å². The van der Waals surface area contributed by atoms with E-state index in [-0.39, 0.29) is 5.91 Å². The third-order valence-corrected chi connectivity index (χ3v) is 3.43. The lowest BCUT2D eigenvalue weighted by atomic mass is 10.2. The molecule has 2 aromatic rings. The van der Waals surface area contributed by atoms with E-state index in [4.69, 9.17) is 16.9 Å². The summed E-state index contributed by atoms with van der Waals surface area (Å²) in [6.45, 7) is 0. The predicted molar refractivity (Wildman–Crippen MR) is 87.0 cm³/mol. The molecule has 3 nitrogen and oxygen atoms in total. The van der Waals surface area contributed by atoms with Gasteiger partial charge in [-0.05, 0) is 59.8 Å². The van der Waals surface area contributed by atoms with Crippen LogP contribution in [-0.4, -0.2) is 5.91 Å². The zero-order valence-electron chi connectivity index (χ0n) is 10.9. The Morgan fingerprint density at radius 3 is 2.43 bits per heavy atom. The van der Waals surface area contributed by atoms with Crippen LogP contribution < -0.4 is 5.32 Å². The zero-order chi connectivity index (χ0) is 15.1. The highest BCUT2D eigenvalue weighted by Gasteiger charge is 1.99. The number of halogens is 1. The lowest BCUT2D eigenvalue weighted by Gasteiger charge is -2.02. The van der Waals surface area contributed by atoms with Crippen LogP contribution in [0.5, 0.6) is 0 Å². The summed E-state index contributed by atoms with van der Waals surface area (Å²) in [7, 11) is 0. The summed E-state index contributed by atoms with van der Waals surface area (Å²) in [6.07, 6.45) is 3.17. The minimum absolute atomic E-state index is 0.217. The molecule has 0 heterocycles. The molecule has 0 fully saturated rings. The van der Waals surface area contributed by atoms with E-state index in [0.29, 0.717) is 10.7 Å². The number of nitrogens with zero attached hydrogens (tertiary/aromatic N) is 1. The number of anilines is 1. The Bertz CT molecular complexity index is 688. The highest BCUT2D eigenvalue weighted by molar-refractivity contribution is 8.03. The van der Waals surface area contributed by atoms with Crippen molar-refractivity contribution in [2.75, 3.05) is 5.32 Å². The standard InChI is InChI=1S/C16H11ClN2OS/c17-13-4-1-12(2-5-13)3-10-16(20)19-14-6-8-15(9-7-14)21-11-18/h1-10H,(H,19,20)/b10-3+. The average Bonchev–Trinajstić information content (AvgIpc) is 2.49. The molecule has 0 radical (unpaired) electrons. The SMILES string of the molecule is N#CSc1ccc(NC(=O)/C=C/c2ccc(Cl)cc2)cc1. The number of hydrogen-bond acceptors (Lipinski definition) is 3. The molecular weight excluding hydrogens is 304 g/mol. The Hall–Kier alpha value is -2.22. The van der Waals surface area contributed by atoms with Gasteiger partial charge in [-0.3, -0.25) is 4.79 Å². The quantitative estimate of drug-likeness (QED) is 0.511. The fourth-order valence-electron chi connectivity index (χ4n) is 1.59. The van der Waals surface area contributed by atoms with Crippen molar-refractivity contribution in [2.45, 2.75) is 4.90 Å². The zero-order valence-corrected chi connectivity index (χ0v) is 12.5. The van der Waals surface area contributed by atoms with Crippen LogP contribution in [0.3, 0.4) is 0 Å². The minimum atomic E-state index is -0.217. The molecule has 0 aliphatic rings. The van der Waals surface area contributed by atoms with Crippen molar-refractivity contribution in [3.8, 4) is 5.40 Å². The second kappa shape index (κ2) is 7.53. The smallest absolute Gasteiger partial charge is 0.248 e. The number of thioether (sulfide) groups is 1. The van der Waals surface area contributed by atoms with Crippen molar-refractivity contribution in [1.82, 2.24) is 0 Å². The van der Waals surface area contributed by atoms with Crippen LogP contribution >= 0.6 is 23.4 Å². The van der Waals surface area contributed by atoms with Gasteiger partial charge in [0.2, 0.25) is 5.91 Å². The molecule has 0 bridgehead atoms. The summed E-state index contributed by atoms with van der Waals surface area (Å²) in [5.74, 6) is -0.217. The van der Waals surface area contributed by atoms with Crippen LogP contribution in [0.25, 0.3) is 6.08 Å². The van der Waals surface area contributed by atoms with Crippen LogP contribution in [0.15, 0.2) is 59.5 Å². The van der Waals surface area contributed by atoms with Crippen LogP contribution in [0, 0.1) is 10.7 Å². The van der Waals surface area contributed by atoms with Crippen molar-refractivity contribution < 1.29 is 4.79 Å². The van der Waals surface area contributed by atoms with Gasteiger partial charge in [0.05, 0.1) is 0 Å². The number of nitrogens with one attached hydrogen (secondary N) is 1. The number of hydrogen-bond donors (Lipinski definition) is 1. The van der Waals surface area contributed by atoms with Crippen molar-refractivity contribution in [3.63, 3.8) is 0 Å². The van der Waals surface area contributed by atoms with E-state index in [1.54, 1.807) is 42.5 Å². The number of thiocyanates is 1. The normalized spacial score (nSPS) is 10.3. The second-order valence-electron chi connectivity index (χ2n) is 4.09. The summed E-state index contributed by atoms with van der Waals surface area (Å²) in [5.41, 5.74) is 1.58. The first-order chi connectivity index (χ1) is 10.2. The van der Waals surface area contributed by atoms with E-state index < -0.39 is 0 Å². The third-order valence-electron chi connectivity index (χ3n) is 2.58. The van der Waals surface area contributed by atoms with Crippen molar-refractivity contribution >= 4 is 41.0 Å². The van der Waals surface area contributed by atoms with Gasteiger partial charge in [0, 0.05) is 21.7 Å². The summed E-state index contributed by atoms with van der Waals surface area (Å²) in [6, 6.07) is 14.3. The number of carbonyl (C=O) groups is 1. The topological polar surface area (TPSA) is 52.9 Å². The van der Waals surface area contributed by atoms with E-state index in [2.05, 4.69) is 5.32 Å².